The van der Waals surface area contributed by atoms with E-state index in [-0.39, 0.29) is 12.1 Å². The zero-order chi connectivity index (χ0) is 6.57. The molecule has 0 aromatic heterocycles. The van der Waals surface area contributed by atoms with Gasteiger partial charge >= 0.3 is 0 Å². The Morgan fingerprint density at radius 3 is 2.25 bits per heavy atom. The first-order chi connectivity index (χ1) is 3.72. The Hall–Kier alpha value is -0.0800. The van der Waals surface area contributed by atoms with Gasteiger partial charge in [-0.1, -0.05) is 6.92 Å². The molecule has 2 atom stereocenters. The zero-order valence-corrected chi connectivity index (χ0v) is 5.85. The Bertz CT molecular complexity index is 48.5. The highest BCUT2D eigenvalue weighted by molar-refractivity contribution is 4.65. The largest absolute Gasteiger partial charge is 0.380 e. The second-order valence-corrected chi connectivity index (χ2v) is 2.01. The highest BCUT2D eigenvalue weighted by Crippen LogP contribution is 1.96. The van der Waals surface area contributed by atoms with E-state index >= 15 is 0 Å². The molecule has 2 heteroatoms. The van der Waals surface area contributed by atoms with E-state index in [0.29, 0.717) is 0 Å². The predicted molar refractivity (Wildman–Crippen MR) is 34.7 cm³/mol. The summed E-state index contributed by atoms with van der Waals surface area (Å²) in [6.45, 7) is 4.04. The van der Waals surface area contributed by atoms with E-state index in [9.17, 15) is 0 Å². The average Bonchev–Trinajstić information content (AvgIpc) is 1.84. The van der Waals surface area contributed by atoms with Gasteiger partial charge in [-0.05, 0) is 13.3 Å². The van der Waals surface area contributed by atoms with Gasteiger partial charge in [0.2, 0.25) is 0 Å². The minimum Gasteiger partial charge on any atom is -0.380 e. The Morgan fingerprint density at radius 1 is 1.62 bits per heavy atom. The van der Waals surface area contributed by atoms with Gasteiger partial charge in [0.15, 0.2) is 0 Å². The van der Waals surface area contributed by atoms with Crippen LogP contribution in [0.2, 0.25) is 0 Å². The minimum atomic E-state index is 0.194. The first-order valence-electron chi connectivity index (χ1n) is 3.00. The van der Waals surface area contributed by atoms with Gasteiger partial charge < -0.3 is 10.5 Å². The molecule has 0 heterocycles. The van der Waals surface area contributed by atoms with Gasteiger partial charge in [-0.3, -0.25) is 0 Å². The van der Waals surface area contributed by atoms with Crippen molar-refractivity contribution < 1.29 is 4.74 Å². The number of hydrogen-bond donors (Lipinski definition) is 1. The van der Waals surface area contributed by atoms with Crippen LogP contribution in [0.25, 0.3) is 0 Å². The number of hydrogen-bond acceptors (Lipinski definition) is 2. The Balaban J connectivity index is 3.29. The van der Waals surface area contributed by atoms with Crippen molar-refractivity contribution in [1.29, 1.82) is 0 Å². The number of nitrogens with two attached hydrogens (primary N) is 1. The maximum absolute atomic E-state index is 5.60. The third-order valence-corrected chi connectivity index (χ3v) is 1.45. The van der Waals surface area contributed by atoms with Crippen molar-refractivity contribution in [2.24, 2.45) is 5.73 Å². The lowest BCUT2D eigenvalue weighted by molar-refractivity contribution is 0.0944. The van der Waals surface area contributed by atoms with E-state index in [1.165, 1.54) is 0 Å². The van der Waals surface area contributed by atoms with Gasteiger partial charge in [0.1, 0.15) is 0 Å². The van der Waals surface area contributed by atoms with Crippen molar-refractivity contribution in [3.8, 4) is 0 Å². The van der Waals surface area contributed by atoms with Crippen molar-refractivity contribution in [1.82, 2.24) is 0 Å². The summed E-state index contributed by atoms with van der Waals surface area (Å²) in [4.78, 5) is 0. The number of methoxy groups -OCH3 is 1. The lowest BCUT2D eigenvalue weighted by Gasteiger charge is -2.15. The molecule has 0 amide bonds. The SMILES string of the molecule is CC[C@@H](N)[C@H](C)OC. The van der Waals surface area contributed by atoms with Gasteiger partial charge in [-0.2, -0.15) is 0 Å². The van der Waals surface area contributed by atoms with E-state index in [0.717, 1.165) is 6.42 Å². The topological polar surface area (TPSA) is 35.2 Å². The van der Waals surface area contributed by atoms with Crippen LogP contribution in [0.3, 0.4) is 0 Å². The molecular formula is C6H15NO. The summed E-state index contributed by atoms with van der Waals surface area (Å²) < 4.78 is 4.98. The van der Waals surface area contributed by atoms with Crippen LogP contribution in [0.1, 0.15) is 20.3 Å². The molecule has 50 valence electrons. The molecule has 0 saturated carbocycles. The van der Waals surface area contributed by atoms with Crippen molar-refractivity contribution in [3.63, 3.8) is 0 Å². The lowest BCUT2D eigenvalue weighted by atomic mass is 10.1. The van der Waals surface area contributed by atoms with Gasteiger partial charge in [-0.15, -0.1) is 0 Å². The molecule has 0 rings (SSSR count). The highest BCUT2D eigenvalue weighted by Gasteiger charge is 2.06. The Labute approximate surface area is 51.0 Å². The van der Waals surface area contributed by atoms with Crippen LogP contribution in [-0.4, -0.2) is 19.3 Å². The summed E-state index contributed by atoms with van der Waals surface area (Å²) in [7, 11) is 1.68. The molecule has 0 aliphatic heterocycles. The highest BCUT2D eigenvalue weighted by atomic mass is 16.5. The molecule has 0 radical (unpaired) electrons. The van der Waals surface area contributed by atoms with E-state index in [2.05, 4.69) is 6.92 Å². The molecule has 8 heavy (non-hydrogen) atoms. The van der Waals surface area contributed by atoms with E-state index in [1.807, 2.05) is 6.92 Å². The summed E-state index contributed by atoms with van der Waals surface area (Å²) in [5, 5.41) is 0. The normalized spacial score (nSPS) is 18.0. The molecular weight excluding hydrogens is 102 g/mol. The maximum Gasteiger partial charge on any atom is 0.0693 e. The molecule has 0 bridgehead atoms. The van der Waals surface area contributed by atoms with E-state index in [4.69, 9.17) is 10.5 Å². The van der Waals surface area contributed by atoms with E-state index < -0.39 is 0 Å². The molecule has 0 fully saturated rings. The van der Waals surface area contributed by atoms with Crippen LogP contribution in [-0.2, 0) is 4.74 Å². The van der Waals surface area contributed by atoms with Crippen molar-refractivity contribution >= 4 is 0 Å². The Kier molecular flexibility index (Phi) is 3.83. The molecule has 2 nitrogen and oxygen atoms in total. The molecule has 0 spiro atoms. The first-order valence-corrected chi connectivity index (χ1v) is 3.00. The fourth-order valence-corrected chi connectivity index (χ4v) is 0.507. The standard InChI is InChI=1S/C6H15NO/c1-4-6(7)5(2)8-3/h5-6H,4,7H2,1-3H3/t5-,6+/m0/s1. The van der Waals surface area contributed by atoms with Crippen molar-refractivity contribution in [2.45, 2.75) is 32.4 Å². The van der Waals surface area contributed by atoms with Gasteiger partial charge in [0.05, 0.1) is 6.10 Å². The smallest absolute Gasteiger partial charge is 0.0693 e. The van der Waals surface area contributed by atoms with Crippen LogP contribution in [0.5, 0.6) is 0 Å². The third kappa shape index (κ3) is 2.28. The molecule has 0 aromatic carbocycles. The van der Waals surface area contributed by atoms with Crippen molar-refractivity contribution in [2.75, 3.05) is 7.11 Å². The average molecular weight is 117 g/mol. The van der Waals surface area contributed by atoms with Crippen LogP contribution >= 0.6 is 0 Å². The monoisotopic (exact) mass is 117 g/mol. The molecule has 0 aliphatic carbocycles. The quantitative estimate of drug-likeness (QED) is 0.592. The fourth-order valence-electron chi connectivity index (χ4n) is 0.507. The summed E-state index contributed by atoms with van der Waals surface area (Å²) in [6.07, 6.45) is 1.18. The zero-order valence-electron chi connectivity index (χ0n) is 5.85. The van der Waals surface area contributed by atoms with Crippen LogP contribution in [0.4, 0.5) is 0 Å². The van der Waals surface area contributed by atoms with Gasteiger partial charge in [0.25, 0.3) is 0 Å². The van der Waals surface area contributed by atoms with Crippen LogP contribution in [0, 0.1) is 0 Å². The summed E-state index contributed by atoms with van der Waals surface area (Å²) in [5.41, 5.74) is 5.60. The Morgan fingerprint density at radius 2 is 2.12 bits per heavy atom. The van der Waals surface area contributed by atoms with E-state index in [1.54, 1.807) is 7.11 Å². The summed E-state index contributed by atoms with van der Waals surface area (Å²) in [6, 6.07) is 0.194. The van der Waals surface area contributed by atoms with Crippen molar-refractivity contribution in [3.05, 3.63) is 0 Å². The minimum absolute atomic E-state index is 0.194. The molecule has 0 aliphatic rings. The lowest BCUT2D eigenvalue weighted by Crippen LogP contribution is -2.32. The number of ether oxygens (including phenoxy) is 1. The summed E-state index contributed by atoms with van der Waals surface area (Å²) >= 11 is 0. The third-order valence-electron chi connectivity index (χ3n) is 1.45. The fraction of sp³-hybridized carbons (Fsp3) is 1.00. The molecule has 0 saturated heterocycles. The molecule has 0 aromatic rings. The molecule has 0 unspecified atom stereocenters. The second kappa shape index (κ2) is 3.87. The second-order valence-electron chi connectivity index (χ2n) is 2.01. The predicted octanol–water partition coefficient (Wildman–Crippen LogP) is 0.759. The van der Waals surface area contributed by atoms with Gasteiger partial charge in [0, 0.05) is 13.2 Å². The first kappa shape index (κ1) is 7.92. The van der Waals surface area contributed by atoms with Gasteiger partial charge in [-0.25, -0.2) is 0 Å². The maximum atomic E-state index is 5.60. The van der Waals surface area contributed by atoms with Crippen LogP contribution < -0.4 is 5.73 Å². The summed E-state index contributed by atoms with van der Waals surface area (Å²) in [5.74, 6) is 0. The molecule has 2 N–H and O–H groups in total. The number of rotatable bonds is 3. The van der Waals surface area contributed by atoms with Crippen LogP contribution in [0.15, 0.2) is 0 Å².